The SMILES string of the molecule is C=CCN1C[C@H](C)N([C@@H](c2cccc(O)c2)c2nccn2C)C[C@H]1C. The Bertz CT molecular complexity index is 726. The third-order valence-corrected chi connectivity index (χ3v) is 5.15. The zero-order valence-electron chi connectivity index (χ0n) is 15.3. The molecule has 1 aliphatic rings. The summed E-state index contributed by atoms with van der Waals surface area (Å²) in [5.74, 6) is 1.30. The van der Waals surface area contributed by atoms with Gasteiger partial charge in [-0.15, -0.1) is 6.58 Å². The molecule has 25 heavy (non-hydrogen) atoms. The first-order valence-corrected chi connectivity index (χ1v) is 8.88. The maximum atomic E-state index is 9.99. The molecule has 2 heterocycles. The second-order valence-corrected chi connectivity index (χ2v) is 7.03. The smallest absolute Gasteiger partial charge is 0.130 e. The molecule has 134 valence electrons. The van der Waals surface area contributed by atoms with Crippen LogP contribution in [0.25, 0.3) is 0 Å². The van der Waals surface area contributed by atoms with E-state index < -0.39 is 0 Å². The Morgan fingerprint density at radius 3 is 2.76 bits per heavy atom. The molecule has 0 radical (unpaired) electrons. The van der Waals surface area contributed by atoms with Gasteiger partial charge in [0, 0.05) is 51.2 Å². The number of imidazole rings is 1. The van der Waals surface area contributed by atoms with E-state index in [1.165, 1.54) is 0 Å². The molecule has 0 saturated carbocycles. The average molecular weight is 340 g/mol. The summed E-state index contributed by atoms with van der Waals surface area (Å²) < 4.78 is 2.07. The highest BCUT2D eigenvalue weighted by atomic mass is 16.3. The average Bonchev–Trinajstić information content (AvgIpc) is 2.98. The minimum Gasteiger partial charge on any atom is -0.508 e. The van der Waals surface area contributed by atoms with Gasteiger partial charge >= 0.3 is 0 Å². The second-order valence-electron chi connectivity index (χ2n) is 7.03. The summed E-state index contributed by atoms with van der Waals surface area (Å²) in [5, 5.41) is 9.99. The number of aromatic nitrogens is 2. The molecule has 1 aromatic heterocycles. The van der Waals surface area contributed by atoms with Crippen molar-refractivity contribution in [3.63, 3.8) is 0 Å². The third kappa shape index (κ3) is 3.62. The van der Waals surface area contributed by atoms with Gasteiger partial charge in [-0.05, 0) is 31.5 Å². The van der Waals surface area contributed by atoms with Crippen LogP contribution >= 0.6 is 0 Å². The van der Waals surface area contributed by atoms with Crippen molar-refractivity contribution in [2.75, 3.05) is 19.6 Å². The molecule has 5 nitrogen and oxygen atoms in total. The van der Waals surface area contributed by atoms with E-state index in [1.54, 1.807) is 6.07 Å². The Hall–Kier alpha value is -2.11. The van der Waals surface area contributed by atoms with Gasteiger partial charge in [0.2, 0.25) is 0 Å². The number of benzene rings is 1. The zero-order valence-corrected chi connectivity index (χ0v) is 15.3. The van der Waals surface area contributed by atoms with Gasteiger partial charge in [0.05, 0.1) is 6.04 Å². The van der Waals surface area contributed by atoms with Gasteiger partial charge in [-0.25, -0.2) is 4.98 Å². The van der Waals surface area contributed by atoms with E-state index in [0.29, 0.717) is 17.8 Å². The molecule has 0 bridgehead atoms. The van der Waals surface area contributed by atoms with Crippen molar-refractivity contribution in [3.05, 3.63) is 60.7 Å². The van der Waals surface area contributed by atoms with Gasteiger partial charge in [0.15, 0.2) is 0 Å². The lowest BCUT2D eigenvalue weighted by atomic mass is 9.98. The summed E-state index contributed by atoms with van der Waals surface area (Å²) in [6.45, 7) is 11.3. The first-order chi connectivity index (χ1) is 12.0. The Labute approximate surface area is 150 Å². The molecule has 3 rings (SSSR count). The molecule has 0 amide bonds. The number of aromatic hydroxyl groups is 1. The van der Waals surface area contributed by atoms with Crippen LogP contribution in [-0.4, -0.2) is 56.2 Å². The number of hydrogen-bond donors (Lipinski definition) is 1. The molecule has 1 saturated heterocycles. The lowest BCUT2D eigenvalue weighted by molar-refractivity contribution is 0.0278. The van der Waals surface area contributed by atoms with Crippen molar-refractivity contribution < 1.29 is 5.11 Å². The number of hydrogen-bond acceptors (Lipinski definition) is 4. The molecular weight excluding hydrogens is 312 g/mol. The van der Waals surface area contributed by atoms with Crippen LogP contribution in [0, 0.1) is 0 Å². The molecule has 2 aromatic rings. The number of nitrogens with zero attached hydrogens (tertiary/aromatic N) is 4. The molecule has 0 aliphatic carbocycles. The second kappa shape index (κ2) is 7.42. The van der Waals surface area contributed by atoms with Crippen molar-refractivity contribution in [1.29, 1.82) is 0 Å². The fourth-order valence-corrected chi connectivity index (χ4v) is 3.83. The van der Waals surface area contributed by atoms with Gasteiger partial charge in [0.1, 0.15) is 11.6 Å². The van der Waals surface area contributed by atoms with Crippen LogP contribution in [0.1, 0.15) is 31.3 Å². The van der Waals surface area contributed by atoms with Crippen molar-refractivity contribution >= 4 is 0 Å². The predicted molar refractivity (Wildman–Crippen MR) is 101 cm³/mol. The van der Waals surface area contributed by atoms with Crippen LogP contribution < -0.4 is 0 Å². The summed E-state index contributed by atoms with van der Waals surface area (Å²) in [5.41, 5.74) is 1.07. The van der Waals surface area contributed by atoms with E-state index in [0.717, 1.165) is 31.0 Å². The van der Waals surface area contributed by atoms with Crippen LogP contribution in [0.15, 0.2) is 49.3 Å². The first-order valence-electron chi connectivity index (χ1n) is 8.88. The Morgan fingerprint density at radius 2 is 2.12 bits per heavy atom. The maximum Gasteiger partial charge on any atom is 0.130 e. The highest BCUT2D eigenvalue weighted by Crippen LogP contribution is 2.33. The Kier molecular flexibility index (Phi) is 5.25. The van der Waals surface area contributed by atoms with E-state index in [4.69, 9.17) is 0 Å². The minimum atomic E-state index is 0.0235. The van der Waals surface area contributed by atoms with E-state index >= 15 is 0 Å². The monoisotopic (exact) mass is 340 g/mol. The summed E-state index contributed by atoms with van der Waals surface area (Å²) in [7, 11) is 2.03. The molecule has 1 aliphatic heterocycles. The Morgan fingerprint density at radius 1 is 1.32 bits per heavy atom. The fraction of sp³-hybridized carbons (Fsp3) is 0.450. The normalized spacial score (nSPS) is 23.5. The summed E-state index contributed by atoms with van der Waals surface area (Å²) in [6, 6.07) is 8.39. The van der Waals surface area contributed by atoms with Crippen molar-refractivity contribution in [1.82, 2.24) is 19.4 Å². The number of aryl methyl sites for hydroxylation is 1. The van der Waals surface area contributed by atoms with Gasteiger partial charge in [-0.2, -0.15) is 0 Å². The molecule has 0 spiro atoms. The predicted octanol–water partition coefficient (Wildman–Crippen LogP) is 2.80. The molecule has 0 unspecified atom stereocenters. The first kappa shape index (κ1) is 17.7. The number of rotatable bonds is 5. The van der Waals surface area contributed by atoms with E-state index in [-0.39, 0.29) is 6.04 Å². The van der Waals surface area contributed by atoms with Crippen LogP contribution in [0.5, 0.6) is 5.75 Å². The lowest BCUT2D eigenvalue weighted by Gasteiger charge is -2.47. The van der Waals surface area contributed by atoms with Gasteiger partial charge in [-0.3, -0.25) is 9.80 Å². The number of phenolic OH excluding ortho intramolecular Hbond substituents is 1. The fourth-order valence-electron chi connectivity index (χ4n) is 3.83. The van der Waals surface area contributed by atoms with Gasteiger partial charge in [0.25, 0.3) is 0 Å². The maximum absolute atomic E-state index is 9.99. The molecule has 1 aromatic carbocycles. The summed E-state index contributed by atoms with van der Waals surface area (Å²) >= 11 is 0. The van der Waals surface area contributed by atoms with Crippen molar-refractivity contribution in [2.24, 2.45) is 7.05 Å². The van der Waals surface area contributed by atoms with E-state index in [9.17, 15) is 5.11 Å². The molecule has 1 N–H and O–H groups in total. The quantitative estimate of drug-likeness (QED) is 0.850. The van der Waals surface area contributed by atoms with E-state index in [2.05, 4.69) is 45.8 Å². The molecular formula is C20H28N4O. The third-order valence-electron chi connectivity index (χ3n) is 5.15. The van der Waals surface area contributed by atoms with Crippen molar-refractivity contribution in [2.45, 2.75) is 32.0 Å². The topological polar surface area (TPSA) is 44.5 Å². The van der Waals surface area contributed by atoms with Crippen LogP contribution in [-0.2, 0) is 7.05 Å². The highest BCUT2D eigenvalue weighted by Gasteiger charge is 2.35. The molecule has 1 fully saturated rings. The van der Waals surface area contributed by atoms with E-state index in [1.807, 2.05) is 37.7 Å². The lowest BCUT2D eigenvalue weighted by Crippen LogP contribution is -2.57. The van der Waals surface area contributed by atoms with Gasteiger partial charge in [-0.1, -0.05) is 18.2 Å². The highest BCUT2D eigenvalue weighted by molar-refractivity contribution is 5.33. The Balaban J connectivity index is 1.98. The van der Waals surface area contributed by atoms with Crippen LogP contribution in [0.3, 0.4) is 0 Å². The summed E-state index contributed by atoms with van der Waals surface area (Å²) in [4.78, 5) is 9.59. The standard InChI is InChI=1S/C20H28N4O/c1-5-10-23-13-16(3)24(14-15(23)2)19(20-21-9-11-22(20)4)17-7-6-8-18(25)12-17/h5-9,11-12,15-16,19,25H,1,10,13-14H2,2-4H3/t15-,16+,19+/m1/s1. The molecule has 5 heteroatoms. The van der Waals surface area contributed by atoms with Crippen LogP contribution in [0.2, 0.25) is 0 Å². The zero-order chi connectivity index (χ0) is 18.0. The van der Waals surface area contributed by atoms with Gasteiger partial charge < -0.3 is 9.67 Å². The summed E-state index contributed by atoms with van der Waals surface area (Å²) in [6.07, 6.45) is 5.80. The number of piperazine rings is 1. The number of phenols is 1. The van der Waals surface area contributed by atoms with Crippen LogP contribution in [0.4, 0.5) is 0 Å². The van der Waals surface area contributed by atoms with Crippen molar-refractivity contribution in [3.8, 4) is 5.75 Å². The largest absolute Gasteiger partial charge is 0.508 e. The minimum absolute atomic E-state index is 0.0235. The molecule has 3 atom stereocenters.